The summed E-state index contributed by atoms with van der Waals surface area (Å²) in [5.41, 5.74) is 3.03. The first-order valence-corrected chi connectivity index (χ1v) is 8.94. The molecule has 0 aromatic heterocycles. The van der Waals surface area contributed by atoms with Crippen molar-refractivity contribution in [1.82, 2.24) is 0 Å². The highest BCUT2D eigenvalue weighted by molar-refractivity contribution is 6.30. The largest absolute Gasteiger partial charge is 0.493 e. The maximum absolute atomic E-state index is 6.06. The summed E-state index contributed by atoms with van der Waals surface area (Å²) in [4.78, 5) is 0. The van der Waals surface area contributed by atoms with Crippen LogP contribution in [0.1, 0.15) is 11.1 Å². The van der Waals surface area contributed by atoms with Crippen LogP contribution in [0.5, 0.6) is 11.5 Å². The Morgan fingerprint density at radius 1 is 0.846 bits per heavy atom. The Morgan fingerprint density at radius 2 is 1.50 bits per heavy atom. The molecule has 0 radical (unpaired) electrons. The molecule has 0 bridgehead atoms. The fourth-order valence-electron chi connectivity index (χ4n) is 2.53. The number of hydrogen-bond donors (Lipinski definition) is 1. The van der Waals surface area contributed by atoms with E-state index < -0.39 is 0 Å². The molecule has 3 nitrogen and oxygen atoms in total. The fourth-order valence-corrected chi connectivity index (χ4v) is 2.78. The molecule has 0 fully saturated rings. The first kappa shape index (κ1) is 18.4. The van der Waals surface area contributed by atoms with Crippen LogP contribution in [-0.4, -0.2) is 7.11 Å². The van der Waals surface area contributed by atoms with Crippen LogP contribution in [0.25, 0.3) is 0 Å². The minimum atomic E-state index is 0.436. The number of hydrogen-bond acceptors (Lipinski definition) is 3. The molecule has 0 saturated heterocycles. The lowest BCUT2D eigenvalue weighted by molar-refractivity contribution is 0.281. The molecule has 1 N–H and O–H groups in total. The van der Waals surface area contributed by atoms with Gasteiger partial charge in [-0.3, -0.25) is 0 Å². The molecule has 0 spiro atoms. The molecule has 0 aliphatic rings. The van der Waals surface area contributed by atoms with E-state index in [-0.39, 0.29) is 0 Å². The molecule has 3 aromatic rings. The Bertz CT molecular complexity index is 849. The van der Waals surface area contributed by atoms with Gasteiger partial charge in [0.2, 0.25) is 0 Å². The molecule has 0 unspecified atom stereocenters. The minimum Gasteiger partial charge on any atom is -0.493 e. The standard InChI is InChI=1S/C21H19Cl2NO2/c1-25-20-4-2-3-16(13-24-19-11-9-18(23)10-12-19)21(20)26-14-15-5-7-17(22)8-6-15/h2-12,24H,13-14H2,1H3. The average molecular weight is 388 g/mol. The lowest BCUT2D eigenvalue weighted by atomic mass is 10.1. The van der Waals surface area contributed by atoms with Gasteiger partial charge in [0.05, 0.1) is 7.11 Å². The van der Waals surface area contributed by atoms with Gasteiger partial charge in [-0.05, 0) is 48.0 Å². The summed E-state index contributed by atoms with van der Waals surface area (Å²) in [6.45, 7) is 1.04. The van der Waals surface area contributed by atoms with Crippen molar-refractivity contribution in [3.05, 3.63) is 87.9 Å². The van der Waals surface area contributed by atoms with Crippen LogP contribution in [0.4, 0.5) is 5.69 Å². The summed E-state index contributed by atoms with van der Waals surface area (Å²) in [7, 11) is 1.64. The quantitative estimate of drug-likeness (QED) is 0.523. The number of ether oxygens (including phenoxy) is 2. The number of anilines is 1. The Balaban J connectivity index is 1.74. The maximum atomic E-state index is 6.06. The number of rotatable bonds is 7. The highest BCUT2D eigenvalue weighted by Crippen LogP contribution is 2.32. The van der Waals surface area contributed by atoms with Crippen molar-refractivity contribution in [2.24, 2.45) is 0 Å². The van der Waals surface area contributed by atoms with E-state index in [9.17, 15) is 0 Å². The molecule has 0 aliphatic carbocycles. The van der Waals surface area contributed by atoms with Gasteiger partial charge in [-0.2, -0.15) is 0 Å². The molecular formula is C21H19Cl2NO2. The fraction of sp³-hybridized carbons (Fsp3) is 0.143. The molecule has 26 heavy (non-hydrogen) atoms. The Kier molecular flexibility index (Phi) is 6.26. The van der Waals surface area contributed by atoms with E-state index in [1.165, 1.54) is 0 Å². The Labute approximate surface area is 163 Å². The first-order chi connectivity index (χ1) is 12.7. The molecule has 3 rings (SSSR count). The van der Waals surface area contributed by atoms with Gasteiger partial charge in [0.15, 0.2) is 11.5 Å². The van der Waals surface area contributed by atoms with Crippen LogP contribution >= 0.6 is 23.2 Å². The van der Waals surface area contributed by atoms with Crippen molar-refractivity contribution in [3.8, 4) is 11.5 Å². The minimum absolute atomic E-state index is 0.436. The molecule has 0 saturated carbocycles. The van der Waals surface area contributed by atoms with Gasteiger partial charge < -0.3 is 14.8 Å². The highest BCUT2D eigenvalue weighted by atomic mass is 35.5. The molecular weight excluding hydrogens is 369 g/mol. The van der Waals surface area contributed by atoms with Gasteiger partial charge in [-0.15, -0.1) is 0 Å². The maximum Gasteiger partial charge on any atom is 0.166 e. The van der Waals surface area contributed by atoms with E-state index in [1.807, 2.05) is 66.7 Å². The summed E-state index contributed by atoms with van der Waals surface area (Å²) >= 11 is 11.9. The van der Waals surface area contributed by atoms with E-state index in [1.54, 1.807) is 7.11 Å². The average Bonchev–Trinajstić information content (AvgIpc) is 2.67. The zero-order valence-electron chi connectivity index (χ0n) is 14.3. The summed E-state index contributed by atoms with van der Waals surface area (Å²) in [6, 6.07) is 21.1. The van der Waals surface area contributed by atoms with Crippen molar-refractivity contribution in [1.29, 1.82) is 0 Å². The zero-order chi connectivity index (χ0) is 18.4. The van der Waals surface area contributed by atoms with Gasteiger partial charge in [0.25, 0.3) is 0 Å². The highest BCUT2D eigenvalue weighted by Gasteiger charge is 2.11. The smallest absolute Gasteiger partial charge is 0.166 e. The van der Waals surface area contributed by atoms with Crippen LogP contribution in [0.2, 0.25) is 10.0 Å². The predicted octanol–water partition coefficient (Wildman–Crippen LogP) is 6.19. The van der Waals surface area contributed by atoms with Crippen molar-refractivity contribution in [3.63, 3.8) is 0 Å². The lowest BCUT2D eigenvalue weighted by Gasteiger charge is -2.16. The second-order valence-corrected chi connectivity index (χ2v) is 6.60. The Hall–Kier alpha value is -2.36. The normalized spacial score (nSPS) is 10.4. The summed E-state index contributed by atoms with van der Waals surface area (Å²) in [5.74, 6) is 1.43. The molecule has 0 heterocycles. The second-order valence-electron chi connectivity index (χ2n) is 5.72. The number of nitrogens with one attached hydrogen (secondary N) is 1. The molecule has 3 aromatic carbocycles. The SMILES string of the molecule is COc1cccc(CNc2ccc(Cl)cc2)c1OCc1ccc(Cl)cc1. The van der Waals surface area contributed by atoms with Crippen LogP contribution in [0, 0.1) is 0 Å². The third-order valence-electron chi connectivity index (χ3n) is 3.90. The third-order valence-corrected chi connectivity index (χ3v) is 4.41. The number of para-hydroxylation sites is 1. The molecule has 0 amide bonds. The summed E-state index contributed by atoms with van der Waals surface area (Å²) < 4.78 is 11.5. The van der Waals surface area contributed by atoms with E-state index in [0.29, 0.717) is 28.9 Å². The lowest BCUT2D eigenvalue weighted by Crippen LogP contribution is -2.05. The molecule has 0 aliphatic heterocycles. The van der Waals surface area contributed by atoms with Gasteiger partial charge in [0.1, 0.15) is 6.61 Å². The topological polar surface area (TPSA) is 30.5 Å². The molecule has 0 atom stereocenters. The van der Waals surface area contributed by atoms with Crippen LogP contribution < -0.4 is 14.8 Å². The summed E-state index contributed by atoms with van der Waals surface area (Å²) in [5, 5.41) is 4.79. The van der Waals surface area contributed by atoms with Gasteiger partial charge in [0, 0.05) is 27.8 Å². The monoisotopic (exact) mass is 387 g/mol. The van der Waals surface area contributed by atoms with Crippen molar-refractivity contribution < 1.29 is 9.47 Å². The van der Waals surface area contributed by atoms with E-state index >= 15 is 0 Å². The molecule has 134 valence electrons. The number of methoxy groups -OCH3 is 1. The van der Waals surface area contributed by atoms with E-state index in [4.69, 9.17) is 32.7 Å². The van der Waals surface area contributed by atoms with Crippen LogP contribution in [0.15, 0.2) is 66.7 Å². The van der Waals surface area contributed by atoms with Gasteiger partial charge in [-0.1, -0.05) is 47.5 Å². The van der Waals surface area contributed by atoms with Crippen LogP contribution in [0.3, 0.4) is 0 Å². The van der Waals surface area contributed by atoms with Gasteiger partial charge >= 0.3 is 0 Å². The van der Waals surface area contributed by atoms with Crippen LogP contribution in [-0.2, 0) is 13.2 Å². The number of benzene rings is 3. The Morgan fingerprint density at radius 3 is 2.15 bits per heavy atom. The second kappa shape index (κ2) is 8.84. The predicted molar refractivity (Wildman–Crippen MR) is 108 cm³/mol. The van der Waals surface area contributed by atoms with Crippen molar-refractivity contribution >= 4 is 28.9 Å². The van der Waals surface area contributed by atoms with Gasteiger partial charge in [-0.25, -0.2) is 0 Å². The van der Waals surface area contributed by atoms with Crippen molar-refractivity contribution in [2.45, 2.75) is 13.2 Å². The molecule has 5 heteroatoms. The van der Waals surface area contributed by atoms with E-state index in [2.05, 4.69) is 5.32 Å². The van der Waals surface area contributed by atoms with Crippen molar-refractivity contribution in [2.75, 3.05) is 12.4 Å². The van der Waals surface area contributed by atoms with E-state index in [0.717, 1.165) is 22.6 Å². The zero-order valence-corrected chi connectivity index (χ0v) is 15.8. The first-order valence-electron chi connectivity index (χ1n) is 8.18. The third kappa shape index (κ3) is 4.84. The summed E-state index contributed by atoms with van der Waals surface area (Å²) in [6.07, 6.45) is 0. The number of halogens is 2.